The van der Waals surface area contributed by atoms with Gasteiger partial charge in [0.15, 0.2) is 0 Å². The summed E-state index contributed by atoms with van der Waals surface area (Å²) in [5.74, 6) is -0.133. The van der Waals surface area contributed by atoms with E-state index >= 15 is 0 Å². The molecule has 0 atom stereocenters. The molecule has 122 valence electrons. The standard InChI is InChI=1S/C21H17N3O/c22-13-14-6-5-7-15(12-14)23-21(25)20-16-8-1-3-10-18(16)24-19-11-4-2-9-17(19)20/h1,3,5-8,10,12H,2,4,9,11H2,(H,23,25). The van der Waals surface area contributed by atoms with E-state index in [-0.39, 0.29) is 5.91 Å². The highest BCUT2D eigenvalue weighted by Crippen LogP contribution is 2.30. The summed E-state index contributed by atoms with van der Waals surface area (Å²) in [6, 6.07) is 16.9. The van der Waals surface area contributed by atoms with Crippen LogP contribution in [0.3, 0.4) is 0 Å². The van der Waals surface area contributed by atoms with Crippen molar-refractivity contribution in [1.29, 1.82) is 5.26 Å². The van der Waals surface area contributed by atoms with E-state index < -0.39 is 0 Å². The van der Waals surface area contributed by atoms with Crippen molar-refractivity contribution in [2.24, 2.45) is 0 Å². The number of anilines is 1. The van der Waals surface area contributed by atoms with Gasteiger partial charge in [-0.1, -0.05) is 24.3 Å². The molecule has 0 fully saturated rings. The lowest BCUT2D eigenvalue weighted by Crippen LogP contribution is -2.19. The zero-order valence-corrected chi connectivity index (χ0v) is 13.7. The number of fused-ring (bicyclic) bond motifs is 2. The number of para-hydroxylation sites is 1. The number of pyridine rings is 1. The minimum atomic E-state index is -0.133. The van der Waals surface area contributed by atoms with Crippen LogP contribution < -0.4 is 5.32 Å². The maximum absolute atomic E-state index is 13.1. The first-order chi connectivity index (χ1) is 12.3. The van der Waals surface area contributed by atoms with E-state index in [0.29, 0.717) is 11.3 Å². The van der Waals surface area contributed by atoms with Crippen LogP contribution in [0.15, 0.2) is 48.5 Å². The molecule has 1 N–H and O–H groups in total. The van der Waals surface area contributed by atoms with Gasteiger partial charge in [0, 0.05) is 16.8 Å². The number of hydrogen-bond donors (Lipinski definition) is 1. The van der Waals surface area contributed by atoms with Crippen molar-refractivity contribution in [2.75, 3.05) is 5.32 Å². The Kier molecular flexibility index (Phi) is 3.91. The molecule has 0 saturated carbocycles. The fraction of sp³-hybridized carbons (Fsp3) is 0.190. The molecular weight excluding hydrogens is 310 g/mol. The molecule has 0 unspecified atom stereocenters. The van der Waals surface area contributed by atoms with Crippen LogP contribution in [0.2, 0.25) is 0 Å². The Morgan fingerprint density at radius 2 is 1.92 bits per heavy atom. The SMILES string of the molecule is N#Cc1cccc(NC(=O)c2c3c(nc4ccccc24)CCCC3)c1. The average Bonchev–Trinajstić information content (AvgIpc) is 2.66. The van der Waals surface area contributed by atoms with Gasteiger partial charge in [-0.3, -0.25) is 9.78 Å². The van der Waals surface area contributed by atoms with Crippen molar-refractivity contribution >= 4 is 22.5 Å². The van der Waals surface area contributed by atoms with Crippen LogP contribution in [0, 0.1) is 11.3 Å². The maximum Gasteiger partial charge on any atom is 0.256 e. The number of nitriles is 1. The van der Waals surface area contributed by atoms with E-state index in [0.717, 1.165) is 53.4 Å². The average molecular weight is 327 g/mol. The lowest BCUT2D eigenvalue weighted by atomic mass is 9.89. The highest BCUT2D eigenvalue weighted by Gasteiger charge is 2.22. The van der Waals surface area contributed by atoms with Gasteiger partial charge in [-0.05, 0) is 55.5 Å². The van der Waals surface area contributed by atoms with Crippen LogP contribution in [0.5, 0.6) is 0 Å². The Balaban J connectivity index is 1.82. The van der Waals surface area contributed by atoms with E-state index in [4.69, 9.17) is 10.2 Å². The molecule has 1 heterocycles. The van der Waals surface area contributed by atoms with Gasteiger partial charge in [-0.25, -0.2) is 0 Å². The monoisotopic (exact) mass is 327 g/mol. The zero-order chi connectivity index (χ0) is 17.2. The topological polar surface area (TPSA) is 65.8 Å². The number of aryl methyl sites for hydroxylation is 1. The fourth-order valence-corrected chi connectivity index (χ4v) is 3.49. The zero-order valence-electron chi connectivity index (χ0n) is 13.7. The lowest BCUT2D eigenvalue weighted by molar-refractivity contribution is 0.102. The van der Waals surface area contributed by atoms with E-state index in [1.165, 1.54) is 0 Å². The van der Waals surface area contributed by atoms with Crippen LogP contribution in [0.1, 0.15) is 40.0 Å². The first-order valence-electron chi connectivity index (χ1n) is 8.48. The summed E-state index contributed by atoms with van der Waals surface area (Å²) >= 11 is 0. The molecule has 1 aliphatic carbocycles. The molecule has 1 aliphatic rings. The van der Waals surface area contributed by atoms with Crippen LogP contribution in [-0.4, -0.2) is 10.9 Å². The molecule has 4 rings (SSSR count). The smallest absolute Gasteiger partial charge is 0.256 e. The van der Waals surface area contributed by atoms with Crippen molar-refractivity contribution < 1.29 is 4.79 Å². The van der Waals surface area contributed by atoms with Gasteiger partial charge in [0.1, 0.15) is 0 Å². The van der Waals surface area contributed by atoms with Gasteiger partial charge in [0.2, 0.25) is 0 Å². The molecule has 0 aliphatic heterocycles. The predicted octanol–water partition coefficient (Wildman–Crippen LogP) is 4.24. The molecule has 2 aromatic carbocycles. The quantitative estimate of drug-likeness (QED) is 0.765. The van der Waals surface area contributed by atoms with E-state index in [1.807, 2.05) is 24.3 Å². The molecular formula is C21H17N3O. The Labute approximate surface area is 146 Å². The van der Waals surface area contributed by atoms with Crippen molar-refractivity contribution in [3.63, 3.8) is 0 Å². The van der Waals surface area contributed by atoms with Gasteiger partial charge in [-0.15, -0.1) is 0 Å². The Morgan fingerprint density at radius 1 is 1.08 bits per heavy atom. The van der Waals surface area contributed by atoms with E-state index in [1.54, 1.807) is 24.3 Å². The van der Waals surface area contributed by atoms with Crippen LogP contribution in [0.4, 0.5) is 5.69 Å². The molecule has 4 heteroatoms. The number of amides is 1. The summed E-state index contributed by atoms with van der Waals surface area (Å²) in [5.41, 5.74) is 4.86. The van der Waals surface area contributed by atoms with Crippen molar-refractivity contribution in [3.8, 4) is 6.07 Å². The second kappa shape index (κ2) is 6.37. The number of carbonyl (C=O) groups is 1. The summed E-state index contributed by atoms with van der Waals surface area (Å²) in [6.45, 7) is 0. The van der Waals surface area contributed by atoms with Gasteiger partial charge in [0.25, 0.3) is 5.91 Å². The molecule has 0 bridgehead atoms. The van der Waals surface area contributed by atoms with Crippen molar-refractivity contribution in [2.45, 2.75) is 25.7 Å². The predicted molar refractivity (Wildman–Crippen MR) is 97.5 cm³/mol. The highest BCUT2D eigenvalue weighted by molar-refractivity contribution is 6.13. The van der Waals surface area contributed by atoms with Crippen LogP contribution >= 0.6 is 0 Å². The summed E-state index contributed by atoms with van der Waals surface area (Å²) in [4.78, 5) is 17.8. The van der Waals surface area contributed by atoms with Crippen LogP contribution in [-0.2, 0) is 12.8 Å². The first kappa shape index (κ1) is 15.3. The van der Waals surface area contributed by atoms with Gasteiger partial charge < -0.3 is 5.32 Å². The van der Waals surface area contributed by atoms with E-state index in [2.05, 4.69) is 11.4 Å². The number of nitrogens with one attached hydrogen (secondary N) is 1. The van der Waals surface area contributed by atoms with Gasteiger partial charge in [0.05, 0.1) is 22.7 Å². The minimum absolute atomic E-state index is 0.133. The van der Waals surface area contributed by atoms with Crippen molar-refractivity contribution in [3.05, 3.63) is 70.9 Å². The maximum atomic E-state index is 13.1. The fourth-order valence-electron chi connectivity index (χ4n) is 3.49. The second-order valence-electron chi connectivity index (χ2n) is 6.28. The first-order valence-corrected chi connectivity index (χ1v) is 8.48. The summed E-state index contributed by atoms with van der Waals surface area (Å²) < 4.78 is 0. The lowest BCUT2D eigenvalue weighted by Gasteiger charge is -2.20. The Morgan fingerprint density at radius 3 is 2.80 bits per heavy atom. The van der Waals surface area contributed by atoms with Crippen molar-refractivity contribution in [1.82, 2.24) is 4.98 Å². The largest absolute Gasteiger partial charge is 0.322 e. The summed E-state index contributed by atoms with van der Waals surface area (Å²) in [6.07, 6.45) is 4.00. The third kappa shape index (κ3) is 2.85. The number of benzene rings is 2. The molecule has 0 saturated heterocycles. The van der Waals surface area contributed by atoms with E-state index in [9.17, 15) is 4.79 Å². The molecule has 0 radical (unpaired) electrons. The molecule has 1 aromatic heterocycles. The Hall–Kier alpha value is -3.19. The number of rotatable bonds is 2. The third-order valence-electron chi connectivity index (χ3n) is 4.65. The third-order valence-corrected chi connectivity index (χ3v) is 4.65. The number of hydrogen-bond acceptors (Lipinski definition) is 3. The molecule has 25 heavy (non-hydrogen) atoms. The van der Waals surface area contributed by atoms with Gasteiger partial charge >= 0.3 is 0 Å². The Bertz CT molecular complexity index is 1020. The normalized spacial score (nSPS) is 13.1. The molecule has 0 spiro atoms. The number of nitrogens with zero attached hydrogens (tertiary/aromatic N) is 2. The second-order valence-corrected chi connectivity index (χ2v) is 6.28. The highest BCUT2D eigenvalue weighted by atomic mass is 16.1. The number of carbonyl (C=O) groups excluding carboxylic acids is 1. The van der Waals surface area contributed by atoms with Gasteiger partial charge in [-0.2, -0.15) is 5.26 Å². The molecule has 4 nitrogen and oxygen atoms in total. The number of aromatic nitrogens is 1. The van der Waals surface area contributed by atoms with Crippen LogP contribution in [0.25, 0.3) is 10.9 Å². The summed E-state index contributed by atoms with van der Waals surface area (Å²) in [7, 11) is 0. The molecule has 3 aromatic rings. The minimum Gasteiger partial charge on any atom is -0.322 e. The summed E-state index contributed by atoms with van der Waals surface area (Å²) in [5, 5.41) is 12.9. The molecule has 1 amide bonds.